The quantitative estimate of drug-likeness (QED) is 0.315. The fourth-order valence-corrected chi connectivity index (χ4v) is 7.96. The highest BCUT2D eigenvalue weighted by Gasteiger charge is 2.44. The summed E-state index contributed by atoms with van der Waals surface area (Å²) in [5.41, 5.74) is 4.84. The molecule has 12 heteroatoms. The van der Waals surface area contributed by atoms with Crippen LogP contribution in [0.15, 0.2) is 36.7 Å². The van der Waals surface area contributed by atoms with E-state index in [2.05, 4.69) is 62.7 Å². The number of nitrogens with one attached hydrogen (secondary N) is 2. The number of piperidine rings is 2. The van der Waals surface area contributed by atoms with Crippen LogP contribution in [0.5, 0.6) is 0 Å². The molecule has 1 amide bonds. The van der Waals surface area contributed by atoms with Crippen LogP contribution in [0.4, 0.5) is 10.8 Å². The summed E-state index contributed by atoms with van der Waals surface area (Å²) in [4.78, 5) is 22.6. The molecule has 0 spiro atoms. The van der Waals surface area contributed by atoms with Crippen molar-refractivity contribution in [3.05, 3.63) is 42.2 Å². The number of carbonyl (C=O) groups is 1. The first-order valence-corrected chi connectivity index (χ1v) is 16.4. The van der Waals surface area contributed by atoms with Crippen LogP contribution in [-0.2, 0) is 4.79 Å². The van der Waals surface area contributed by atoms with E-state index in [0.717, 1.165) is 90.2 Å². The van der Waals surface area contributed by atoms with E-state index >= 15 is 0 Å². The molecule has 2 saturated heterocycles. The number of amides is 1. The second-order valence-corrected chi connectivity index (χ2v) is 13.8. The van der Waals surface area contributed by atoms with Gasteiger partial charge >= 0.3 is 0 Å². The van der Waals surface area contributed by atoms with E-state index in [1.54, 1.807) is 22.0 Å². The number of rotatable bonds is 7. The standard InChI is InChI=1S/C32H38N10OS/c1-19(2)36-26-13-27(28-7-6-24-12-20(14-33)15-35-42(24)28)34-16-25(26)31-38-39-32(44-31)41-17-22-4-5-23(18-41)29(22)37-30(43)21-8-10-40(3)11-9-21/h6-7,12-13,15-16,19,21-23,29H,4-5,8-11,17-18H2,1-3H3,(H,34,36)(H,37,43). The third-order valence-electron chi connectivity index (χ3n) is 9.39. The number of fused-ring (bicyclic) bond motifs is 3. The van der Waals surface area contributed by atoms with E-state index in [4.69, 9.17) is 4.98 Å². The minimum Gasteiger partial charge on any atom is -0.382 e. The van der Waals surface area contributed by atoms with Crippen LogP contribution in [0.1, 0.15) is 45.1 Å². The van der Waals surface area contributed by atoms with E-state index in [1.807, 2.05) is 30.5 Å². The lowest BCUT2D eigenvalue weighted by atomic mass is 9.90. The minimum atomic E-state index is 0.145. The van der Waals surface area contributed by atoms with Crippen molar-refractivity contribution < 1.29 is 4.79 Å². The number of likely N-dealkylation sites (tertiary alicyclic amines) is 1. The minimum absolute atomic E-state index is 0.145. The summed E-state index contributed by atoms with van der Waals surface area (Å²) in [6.07, 6.45) is 7.62. The molecule has 3 fully saturated rings. The van der Waals surface area contributed by atoms with Gasteiger partial charge in [0.15, 0.2) is 5.01 Å². The second kappa shape index (κ2) is 11.8. The van der Waals surface area contributed by atoms with Gasteiger partial charge in [-0.05, 0) is 95.8 Å². The van der Waals surface area contributed by atoms with Crippen LogP contribution in [0, 0.1) is 29.1 Å². The first kappa shape index (κ1) is 28.7. The summed E-state index contributed by atoms with van der Waals surface area (Å²) in [6, 6.07) is 10.4. The molecule has 4 aromatic heterocycles. The molecule has 6 heterocycles. The Morgan fingerprint density at radius 1 is 1.07 bits per heavy atom. The number of nitriles is 1. The zero-order chi connectivity index (χ0) is 30.4. The van der Waals surface area contributed by atoms with Gasteiger partial charge < -0.3 is 20.4 Å². The Morgan fingerprint density at radius 2 is 1.84 bits per heavy atom. The number of pyridine rings is 1. The highest BCUT2D eigenvalue weighted by molar-refractivity contribution is 7.18. The van der Waals surface area contributed by atoms with Gasteiger partial charge in [0.2, 0.25) is 11.0 Å². The largest absolute Gasteiger partial charge is 0.382 e. The van der Waals surface area contributed by atoms with Crippen LogP contribution >= 0.6 is 11.3 Å². The molecular weight excluding hydrogens is 572 g/mol. The third kappa shape index (κ3) is 5.50. The van der Waals surface area contributed by atoms with E-state index < -0.39 is 0 Å². The monoisotopic (exact) mass is 610 g/mol. The second-order valence-electron chi connectivity index (χ2n) is 12.8. The van der Waals surface area contributed by atoms with Crippen molar-refractivity contribution in [2.24, 2.45) is 17.8 Å². The number of aromatic nitrogens is 5. The topological polar surface area (TPSA) is 127 Å². The van der Waals surface area contributed by atoms with Gasteiger partial charge in [-0.1, -0.05) is 11.3 Å². The van der Waals surface area contributed by atoms with Gasteiger partial charge in [-0.15, -0.1) is 10.2 Å². The lowest BCUT2D eigenvalue weighted by Gasteiger charge is -2.39. The summed E-state index contributed by atoms with van der Waals surface area (Å²) in [7, 11) is 2.13. The fraction of sp³-hybridized carbons (Fsp3) is 0.500. The summed E-state index contributed by atoms with van der Waals surface area (Å²) < 4.78 is 1.80. The molecule has 0 aromatic carbocycles. The molecular formula is C32H38N10OS. The Bertz CT molecular complexity index is 1700. The van der Waals surface area contributed by atoms with E-state index in [0.29, 0.717) is 17.4 Å². The van der Waals surface area contributed by atoms with Crippen molar-refractivity contribution in [2.45, 2.75) is 51.6 Å². The van der Waals surface area contributed by atoms with Crippen molar-refractivity contribution in [3.63, 3.8) is 0 Å². The Balaban J connectivity index is 1.09. The average Bonchev–Trinajstić information content (AvgIpc) is 3.73. The Labute approximate surface area is 261 Å². The van der Waals surface area contributed by atoms with Gasteiger partial charge in [-0.25, -0.2) is 4.52 Å². The number of carbonyl (C=O) groups excluding carboxylic acids is 1. The molecule has 1 saturated carbocycles. The first-order chi connectivity index (χ1) is 21.4. The van der Waals surface area contributed by atoms with E-state index in [9.17, 15) is 10.1 Å². The molecule has 228 valence electrons. The molecule has 1 aliphatic carbocycles. The third-order valence-corrected chi connectivity index (χ3v) is 10.4. The van der Waals surface area contributed by atoms with Gasteiger partial charge in [-0.2, -0.15) is 10.4 Å². The van der Waals surface area contributed by atoms with Crippen molar-refractivity contribution >= 4 is 33.6 Å². The predicted octanol–water partition coefficient (Wildman–Crippen LogP) is 4.28. The lowest BCUT2D eigenvalue weighted by Crippen LogP contribution is -2.54. The number of anilines is 2. The van der Waals surface area contributed by atoms with Crippen molar-refractivity contribution in [1.29, 1.82) is 5.26 Å². The Morgan fingerprint density at radius 3 is 2.57 bits per heavy atom. The van der Waals surface area contributed by atoms with Crippen LogP contribution in [-0.4, -0.2) is 80.9 Å². The maximum absolute atomic E-state index is 13.1. The molecule has 11 nitrogen and oxygen atoms in total. The molecule has 2 N–H and O–H groups in total. The van der Waals surface area contributed by atoms with Crippen molar-refractivity contribution in [3.8, 4) is 28.0 Å². The summed E-state index contributed by atoms with van der Waals surface area (Å²) in [5, 5.41) is 31.8. The molecule has 2 atom stereocenters. The molecule has 0 radical (unpaired) electrons. The number of hydrogen-bond acceptors (Lipinski definition) is 10. The Hall–Kier alpha value is -4.08. The maximum atomic E-state index is 13.1. The van der Waals surface area contributed by atoms with Crippen LogP contribution in [0.2, 0.25) is 0 Å². The normalized spacial score (nSPS) is 22.4. The van der Waals surface area contributed by atoms with Gasteiger partial charge in [0, 0.05) is 43.0 Å². The molecule has 3 aliphatic rings. The molecule has 7 rings (SSSR count). The predicted molar refractivity (Wildman–Crippen MR) is 171 cm³/mol. The first-order valence-electron chi connectivity index (χ1n) is 15.6. The average molecular weight is 611 g/mol. The fourth-order valence-electron chi connectivity index (χ4n) is 7.07. The van der Waals surface area contributed by atoms with Crippen LogP contribution in [0.25, 0.3) is 27.5 Å². The lowest BCUT2D eigenvalue weighted by molar-refractivity contribution is -0.127. The van der Waals surface area contributed by atoms with E-state index in [-0.39, 0.29) is 23.9 Å². The smallest absolute Gasteiger partial charge is 0.223 e. The molecule has 2 unspecified atom stereocenters. The van der Waals surface area contributed by atoms with Crippen LogP contribution in [0.3, 0.4) is 0 Å². The summed E-state index contributed by atoms with van der Waals surface area (Å²) in [5.74, 6) is 1.27. The SMILES string of the molecule is CC(C)Nc1cc(-c2ccc3cc(C#N)cnn23)ncc1-c1nnc(N2CC3CCC(C2)C3NC(=O)C2CCN(C)CC2)s1. The highest BCUT2D eigenvalue weighted by Crippen LogP contribution is 2.41. The Kier molecular flexibility index (Phi) is 7.68. The van der Waals surface area contributed by atoms with Crippen LogP contribution < -0.4 is 15.5 Å². The van der Waals surface area contributed by atoms with E-state index in [1.165, 1.54) is 0 Å². The number of nitrogens with zero attached hydrogens (tertiary/aromatic N) is 8. The zero-order valence-corrected chi connectivity index (χ0v) is 26.2. The highest BCUT2D eigenvalue weighted by atomic mass is 32.1. The van der Waals surface area contributed by atoms with Gasteiger partial charge in [0.05, 0.1) is 34.2 Å². The summed E-state index contributed by atoms with van der Waals surface area (Å²) >= 11 is 1.60. The van der Waals surface area contributed by atoms with Crippen molar-refractivity contribution in [1.82, 2.24) is 35.0 Å². The summed E-state index contributed by atoms with van der Waals surface area (Å²) in [6.45, 7) is 8.00. The zero-order valence-electron chi connectivity index (χ0n) is 25.4. The maximum Gasteiger partial charge on any atom is 0.223 e. The van der Waals surface area contributed by atoms with Gasteiger partial charge in [0.25, 0.3) is 0 Å². The molecule has 44 heavy (non-hydrogen) atoms. The van der Waals surface area contributed by atoms with Gasteiger partial charge in [0.1, 0.15) is 6.07 Å². The molecule has 4 aromatic rings. The molecule has 2 bridgehead atoms. The molecule has 2 aliphatic heterocycles. The van der Waals surface area contributed by atoms with Crippen molar-refractivity contribution in [2.75, 3.05) is 43.4 Å². The number of hydrogen-bond donors (Lipinski definition) is 2. The van der Waals surface area contributed by atoms with Gasteiger partial charge in [-0.3, -0.25) is 9.78 Å².